The summed E-state index contributed by atoms with van der Waals surface area (Å²) >= 11 is 0. The molecule has 0 saturated carbocycles. The zero-order valence-corrected chi connectivity index (χ0v) is 13.6. The molecular formula is C18H26N2O. The first-order valence-corrected chi connectivity index (χ1v) is 8.08. The van der Waals surface area contributed by atoms with E-state index in [1.807, 2.05) is 0 Å². The van der Waals surface area contributed by atoms with E-state index in [1.54, 1.807) is 0 Å². The number of benzene rings is 1. The van der Waals surface area contributed by atoms with Gasteiger partial charge >= 0.3 is 0 Å². The first kappa shape index (κ1) is 14.5. The second-order valence-corrected chi connectivity index (χ2v) is 6.55. The molecule has 0 fully saturated rings. The van der Waals surface area contributed by atoms with E-state index in [2.05, 4.69) is 55.9 Å². The number of rotatable bonds is 5. The second kappa shape index (κ2) is 5.72. The second-order valence-electron chi connectivity index (χ2n) is 6.55. The SMILES string of the molecule is CC(C)N(CCc1c[nH]c2ccc3c(c12)CCO3)C(C)C. The molecule has 114 valence electrons. The number of hydrogen-bond donors (Lipinski definition) is 1. The molecule has 0 atom stereocenters. The van der Waals surface area contributed by atoms with E-state index in [-0.39, 0.29) is 0 Å². The summed E-state index contributed by atoms with van der Waals surface area (Å²) in [6.07, 6.45) is 4.31. The third kappa shape index (κ3) is 2.67. The molecule has 1 aromatic heterocycles. The van der Waals surface area contributed by atoms with E-state index in [9.17, 15) is 0 Å². The number of H-pyrrole nitrogens is 1. The Labute approximate surface area is 127 Å². The maximum atomic E-state index is 5.71. The molecule has 0 aliphatic carbocycles. The van der Waals surface area contributed by atoms with Crippen LogP contribution in [0.5, 0.6) is 5.75 Å². The Morgan fingerprint density at radius 1 is 1.19 bits per heavy atom. The fourth-order valence-electron chi connectivity index (χ4n) is 3.56. The van der Waals surface area contributed by atoms with Crippen LogP contribution in [0, 0.1) is 0 Å². The Balaban J connectivity index is 1.86. The van der Waals surface area contributed by atoms with E-state index in [4.69, 9.17) is 4.74 Å². The van der Waals surface area contributed by atoms with Crippen LogP contribution in [0.4, 0.5) is 0 Å². The molecule has 0 bridgehead atoms. The number of aromatic nitrogens is 1. The fraction of sp³-hybridized carbons (Fsp3) is 0.556. The van der Waals surface area contributed by atoms with Gasteiger partial charge in [0, 0.05) is 47.7 Å². The van der Waals surface area contributed by atoms with Crippen molar-refractivity contribution in [1.29, 1.82) is 0 Å². The molecule has 1 N–H and O–H groups in total. The Kier molecular flexibility index (Phi) is 3.94. The molecule has 0 spiro atoms. The van der Waals surface area contributed by atoms with Gasteiger partial charge in [-0.25, -0.2) is 0 Å². The quantitative estimate of drug-likeness (QED) is 0.906. The van der Waals surface area contributed by atoms with Crippen LogP contribution in [-0.4, -0.2) is 35.1 Å². The number of nitrogens with one attached hydrogen (secondary N) is 1. The monoisotopic (exact) mass is 286 g/mol. The Morgan fingerprint density at radius 3 is 2.67 bits per heavy atom. The first-order chi connectivity index (χ1) is 10.1. The summed E-state index contributed by atoms with van der Waals surface area (Å²) in [6, 6.07) is 5.42. The summed E-state index contributed by atoms with van der Waals surface area (Å²) < 4.78 is 5.71. The lowest BCUT2D eigenvalue weighted by Gasteiger charge is -2.30. The highest BCUT2D eigenvalue weighted by atomic mass is 16.5. The van der Waals surface area contributed by atoms with Crippen LogP contribution in [0.1, 0.15) is 38.8 Å². The highest BCUT2D eigenvalue weighted by Crippen LogP contribution is 2.34. The van der Waals surface area contributed by atoms with Crippen molar-refractivity contribution in [3.63, 3.8) is 0 Å². The largest absolute Gasteiger partial charge is 0.493 e. The van der Waals surface area contributed by atoms with Crippen LogP contribution in [-0.2, 0) is 12.8 Å². The number of nitrogens with zero attached hydrogens (tertiary/aromatic N) is 1. The third-order valence-electron chi connectivity index (χ3n) is 4.57. The lowest BCUT2D eigenvalue weighted by atomic mass is 10.0. The smallest absolute Gasteiger partial charge is 0.123 e. The van der Waals surface area contributed by atoms with Crippen molar-refractivity contribution in [3.05, 3.63) is 29.5 Å². The average molecular weight is 286 g/mol. The van der Waals surface area contributed by atoms with E-state index in [0.29, 0.717) is 12.1 Å². The van der Waals surface area contributed by atoms with Gasteiger partial charge in [-0.3, -0.25) is 4.90 Å². The van der Waals surface area contributed by atoms with Crippen molar-refractivity contribution in [3.8, 4) is 5.75 Å². The number of hydrogen-bond acceptors (Lipinski definition) is 2. The molecule has 3 heteroatoms. The minimum absolute atomic E-state index is 0.587. The molecule has 2 heterocycles. The van der Waals surface area contributed by atoms with Gasteiger partial charge in [-0.05, 0) is 51.8 Å². The lowest BCUT2D eigenvalue weighted by Crippen LogP contribution is -2.38. The molecule has 0 unspecified atom stereocenters. The molecule has 21 heavy (non-hydrogen) atoms. The maximum absolute atomic E-state index is 5.71. The van der Waals surface area contributed by atoms with Crippen LogP contribution in [0.2, 0.25) is 0 Å². The van der Waals surface area contributed by atoms with Crippen molar-refractivity contribution in [2.24, 2.45) is 0 Å². The molecule has 0 radical (unpaired) electrons. The minimum atomic E-state index is 0.587. The standard InChI is InChI=1S/C18H26N2O/c1-12(2)20(13(3)4)9-7-14-11-19-16-5-6-17-15(18(14)16)8-10-21-17/h5-6,11-13,19H,7-10H2,1-4H3. The van der Waals surface area contributed by atoms with E-state index < -0.39 is 0 Å². The van der Waals surface area contributed by atoms with Gasteiger partial charge in [0.15, 0.2) is 0 Å². The van der Waals surface area contributed by atoms with Gasteiger partial charge in [-0.2, -0.15) is 0 Å². The third-order valence-corrected chi connectivity index (χ3v) is 4.57. The predicted molar refractivity (Wildman–Crippen MR) is 88.2 cm³/mol. The summed E-state index contributed by atoms with van der Waals surface area (Å²) in [5.41, 5.74) is 4.07. The normalized spacial score (nSPS) is 14.4. The van der Waals surface area contributed by atoms with Crippen LogP contribution < -0.4 is 4.74 Å². The molecule has 1 aliphatic rings. The number of fused-ring (bicyclic) bond motifs is 3. The van der Waals surface area contributed by atoms with Crippen LogP contribution in [0.3, 0.4) is 0 Å². The van der Waals surface area contributed by atoms with E-state index >= 15 is 0 Å². The van der Waals surface area contributed by atoms with E-state index in [1.165, 1.54) is 22.0 Å². The predicted octanol–water partition coefficient (Wildman–Crippen LogP) is 3.76. The van der Waals surface area contributed by atoms with Crippen molar-refractivity contribution < 1.29 is 4.74 Å². The van der Waals surface area contributed by atoms with Gasteiger partial charge in [-0.1, -0.05) is 0 Å². The average Bonchev–Trinajstić information content (AvgIpc) is 3.03. The van der Waals surface area contributed by atoms with Crippen LogP contribution in [0.25, 0.3) is 10.9 Å². The summed E-state index contributed by atoms with van der Waals surface area (Å²) in [6.45, 7) is 11.0. The summed E-state index contributed by atoms with van der Waals surface area (Å²) in [5, 5.41) is 1.40. The van der Waals surface area contributed by atoms with Gasteiger partial charge in [0.05, 0.1) is 6.61 Å². The Bertz CT molecular complexity index is 619. The highest BCUT2D eigenvalue weighted by molar-refractivity contribution is 5.89. The van der Waals surface area contributed by atoms with Crippen molar-refractivity contribution in [2.45, 2.75) is 52.6 Å². The topological polar surface area (TPSA) is 28.3 Å². The molecule has 0 saturated heterocycles. The fourth-order valence-corrected chi connectivity index (χ4v) is 3.56. The first-order valence-electron chi connectivity index (χ1n) is 8.08. The Hall–Kier alpha value is -1.48. The molecule has 1 aliphatic heterocycles. The summed E-state index contributed by atoms with van der Waals surface area (Å²) in [4.78, 5) is 5.98. The highest BCUT2D eigenvalue weighted by Gasteiger charge is 2.19. The summed E-state index contributed by atoms with van der Waals surface area (Å²) in [7, 11) is 0. The molecule has 3 rings (SSSR count). The van der Waals surface area contributed by atoms with Gasteiger partial charge in [0.2, 0.25) is 0 Å². The van der Waals surface area contributed by atoms with Crippen molar-refractivity contribution in [2.75, 3.05) is 13.2 Å². The summed E-state index contributed by atoms with van der Waals surface area (Å²) in [5.74, 6) is 1.08. The maximum Gasteiger partial charge on any atom is 0.123 e. The molecule has 1 aromatic carbocycles. The van der Waals surface area contributed by atoms with Gasteiger partial charge in [-0.15, -0.1) is 0 Å². The Morgan fingerprint density at radius 2 is 1.95 bits per heavy atom. The van der Waals surface area contributed by atoms with Crippen LogP contribution >= 0.6 is 0 Å². The zero-order chi connectivity index (χ0) is 15.0. The minimum Gasteiger partial charge on any atom is -0.493 e. The number of ether oxygens (including phenoxy) is 1. The zero-order valence-electron chi connectivity index (χ0n) is 13.6. The van der Waals surface area contributed by atoms with Crippen molar-refractivity contribution >= 4 is 10.9 Å². The molecule has 3 nitrogen and oxygen atoms in total. The van der Waals surface area contributed by atoms with Gasteiger partial charge < -0.3 is 9.72 Å². The van der Waals surface area contributed by atoms with Gasteiger partial charge in [0.1, 0.15) is 5.75 Å². The lowest BCUT2D eigenvalue weighted by molar-refractivity contribution is 0.177. The van der Waals surface area contributed by atoms with Gasteiger partial charge in [0.25, 0.3) is 0 Å². The van der Waals surface area contributed by atoms with E-state index in [0.717, 1.165) is 31.7 Å². The molecule has 2 aromatic rings. The molecule has 0 amide bonds. The molecular weight excluding hydrogens is 260 g/mol. The number of aromatic amines is 1. The van der Waals surface area contributed by atoms with Crippen LogP contribution in [0.15, 0.2) is 18.3 Å². The van der Waals surface area contributed by atoms with Crippen molar-refractivity contribution in [1.82, 2.24) is 9.88 Å².